The second-order valence-corrected chi connectivity index (χ2v) is 8.60. The second-order valence-electron chi connectivity index (χ2n) is 8.60. The van der Waals surface area contributed by atoms with Crippen molar-refractivity contribution in [2.24, 2.45) is 11.8 Å². The molecule has 2 aliphatic carbocycles. The molecular weight excluding hydrogens is 346 g/mol. The van der Waals surface area contributed by atoms with Crippen molar-refractivity contribution in [3.63, 3.8) is 0 Å². The molecular formula is C25H22NO2-. The van der Waals surface area contributed by atoms with Crippen LogP contribution in [0.5, 0.6) is 0 Å². The minimum absolute atomic E-state index is 0.274. The van der Waals surface area contributed by atoms with E-state index in [-0.39, 0.29) is 5.92 Å². The number of carbonyl (C=O) groups is 1. The minimum atomic E-state index is -1.07. The first kappa shape index (κ1) is 16.2. The Balaban J connectivity index is 1.61. The van der Waals surface area contributed by atoms with E-state index in [4.69, 9.17) is 0 Å². The fourth-order valence-corrected chi connectivity index (χ4v) is 6.12. The molecule has 6 rings (SSSR count). The highest BCUT2D eigenvalue weighted by atomic mass is 16.4. The lowest BCUT2D eigenvalue weighted by Crippen LogP contribution is -2.46. The third-order valence-corrected chi connectivity index (χ3v) is 7.23. The maximum absolute atomic E-state index is 11.8. The number of rotatable bonds is 2. The van der Waals surface area contributed by atoms with E-state index >= 15 is 0 Å². The molecule has 2 heterocycles. The molecule has 0 unspecified atom stereocenters. The first-order valence-electron chi connectivity index (χ1n) is 10.3. The standard InChI is InChI=1S/C25H23NO2/c27-25(28)17-12-21-18-9-4-8-16(18)14-26-23(15-6-2-1-3-7-15)20-11-5-10-19(20)22(13-17)24(21)26/h1-7,9-10,12-13,16,18-20,23H,8,11,14H2,(H,27,28)/p-1/t16-,18+,19+,20-,23-/m1/s1. The number of fused-ring (bicyclic) bond motifs is 4. The molecule has 0 bridgehead atoms. The lowest BCUT2D eigenvalue weighted by molar-refractivity contribution is -0.255. The molecule has 0 fully saturated rings. The molecule has 0 saturated heterocycles. The summed E-state index contributed by atoms with van der Waals surface area (Å²) in [5.41, 5.74) is 5.33. The summed E-state index contributed by atoms with van der Waals surface area (Å²) in [5.74, 6) is 0.498. The van der Waals surface area contributed by atoms with E-state index in [9.17, 15) is 9.90 Å². The van der Waals surface area contributed by atoms with Crippen LogP contribution in [-0.2, 0) is 0 Å². The number of hydrogen-bond acceptors (Lipinski definition) is 3. The third-order valence-electron chi connectivity index (χ3n) is 7.23. The van der Waals surface area contributed by atoms with Crippen molar-refractivity contribution in [2.45, 2.75) is 30.7 Å². The molecule has 5 atom stereocenters. The maximum Gasteiger partial charge on any atom is 0.0715 e. The first-order valence-corrected chi connectivity index (χ1v) is 10.3. The van der Waals surface area contributed by atoms with Crippen molar-refractivity contribution >= 4 is 11.7 Å². The Hall–Kier alpha value is -2.81. The van der Waals surface area contributed by atoms with Crippen molar-refractivity contribution in [2.75, 3.05) is 11.4 Å². The average molecular weight is 368 g/mol. The molecule has 2 aromatic carbocycles. The average Bonchev–Trinajstić information content (AvgIpc) is 3.38. The van der Waals surface area contributed by atoms with Gasteiger partial charge < -0.3 is 14.8 Å². The van der Waals surface area contributed by atoms with Gasteiger partial charge in [-0.3, -0.25) is 0 Å². The SMILES string of the molecule is O=C([O-])c1cc2c3c(c1)[C@H]1C=CC[C@H]1[C@@H](c1ccccc1)N3C[C@H]1CC=C[C@H]21. The van der Waals surface area contributed by atoms with Crippen LogP contribution < -0.4 is 10.0 Å². The number of allylic oxidation sites excluding steroid dienone is 4. The summed E-state index contributed by atoms with van der Waals surface area (Å²) < 4.78 is 0. The van der Waals surface area contributed by atoms with Gasteiger partial charge in [0.25, 0.3) is 0 Å². The molecule has 0 aromatic heterocycles. The molecule has 28 heavy (non-hydrogen) atoms. The van der Waals surface area contributed by atoms with Gasteiger partial charge in [0.1, 0.15) is 0 Å². The van der Waals surface area contributed by atoms with Crippen molar-refractivity contribution in [1.82, 2.24) is 0 Å². The van der Waals surface area contributed by atoms with Gasteiger partial charge in [-0.15, -0.1) is 0 Å². The number of anilines is 1. The summed E-state index contributed by atoms with van der Waals surface area (Å²) >= 11 is 0. The van der Waals surface area contributed by atoms with Crippen LogP contribution in [0.2, 0.25) is 0 Å². The largest absolute Gasteiger partial charge is 0.545 e. The van der Waals surface area contributed by atoms with Crippen molar-refractivity contribution < 1.29 is 9.90 Å². The van der Waals surface area contributed by atoms with E-state index in [1.54, 1.807) is 0 Å². The van der Waals surface area contributed by atoms with Crippen LogP contribution in [0.4, 0.5) is 5.69 Å². The van der Waals surface area contributed by atoms with Crippen molar-refractivity contribution in [1.29, 1.82) is 0 Å². The predicted molar refractivity (Wildman–Crippen MR) is 107 cm³/mol. The van der Waals surface area contributed by atoms with Gasteiger partial charge in [-0.1, -0.05) is 54.6 Å². The van der Waals surface area contributed by atoms with Crippen LogP contribution >= 0.6 is 0 Å². The van der Waals surface area contributed by atoms with E-state index < -0.39 is 5.97 Å². The van der Waals surface area contributed by atoms with Crippen LogP contribution in [0.1, 0.15) is 57.8 Å². The van der Waals surface area contributed by atoms with Crippen LogP contribution in [0, 0.1) is 11.8 Å². The highest BCUT2D eigenvalue weighted by Crippen LogP contribution is 2.58. The number of aromatic carboxylic acids is 1. The molecule has 4 aliphatic rings. The molecule has 0 saturated carbocycles. The summed E-state index contributed by atoms with van der Waals surface area (Å²) in [6.07, 6.45) is 11.2. The van der Waals surface area contributed by atoms with E-state index in [1.165, 1.54) is 22.4 Å². The number of hydrogen-bond donors (Lipinski definition) is 0. The Labute approximate surface area is 165 Å². The lowest BCUT2D eigenvalue weighted by Gasteiger charge is -2.51. The van der Waals surface area contributed by atoms with Crippen LogP contribution in [0.3, 0.4) is 0 Å². The van der Waals surface area contributed by atoms with E-state index in [0.29, 0.717) is 29.4 Å². The van der Waals surface area contributed by atoms with Gasteiger partial charge in [-0.2, -0.15) is 0 Å². The number of nitrogens with zero attached hydrogens (tertiary/aromatic N) is 1. The zero-order chi connectivity index (χ0) is 18.8. The molecule has 2 aliphatic heterocycles. The summed E-state index contributed by atoms with van der Waals surface area (Å²) in [6, 6.07) is 14.9. The predicted octanol–water partition coefficient (Wildman–Crippen LogP) is 3.94. The van der Waals surface area contributed by atoms with Gasteiger partial charge in [0.15, 0.2) is 0 Å². The van der Waals surface area contributed by atoms with Gasteiger partial charge in [0.05, 0.1) is 12.0 Å². The molecule has 0 spiro atoms. The Kier molecular flexibility index (Phi) is 3.37. The molecule has 0 amide bonds. The van der Waals surface area contributed by atoms with E-state index in [2.05, 4.69) is 59.5 Å². The zero-order valence-corrected chi connectivity index (χ0v) is 15.6. The molecule has 0 N–H and O–H groups in total. The summed E-state index contributed by atoms with van der Waals surface area (Å²) in [6.45, 7) is 1.03. The Morgan fingerprint density at radius 2 is 1.68 bits per heavy atom. The fraction of sp³-hybridized carbons (Fsp3) is 0.320. The third kappa shape index (κ3) is 2.13. The van der Waals surface area contributed by atoms with Crippen molar-refractivity contribution in [3.8, 4) is 0 Å². The molecule has 0 radical (unpaired) electrons. The smallest absolute Gasteiger partial charge is 0.0715 e. The van der Waals surface area contributed by atoms with E-state index in [0.717, 1.165) is 19.4 Å². The normalized spacial score (nSPS) is 31.4. The highest BCUT2D eigenvalue weighted by molar-refractivity contribution is 5.89. The highest BCUT2D eigenvalue weighted by Gasteiger charge is 2.47. The Bertz CT molecular complexity index is 1010. The second kappa shape index (κ2) is 5.84. The summed E-state index contributed by atoms with van der Waals surface area (Å²) in [7, 11) is 0. The Morgan fingerprint density at radius 3 is 2.46 bits per heavy atom. The number of benzene rings is 2. The van der Waals surface area contributed by atoms with Gasteiger partial charge in [-0.05, 0) is 59.1 Å². The lowest BCUT2D eigenvalue weighted by atomic mass is 9.70. The van der Waals surface area contributed by atoms with Crippen LogP contribution in [0.25, 0.3) is 0 Å². The Morgan fingerprint density at radius 1 is 0.964 bits per heavy atom. The quantitative estimate of drug-likeness (QED) is 0.754. The molecule has 3 nitrogen and oxygen atoms in total. The van der Waals surface area contributed by atoms with Gasteiger partial charge in [0, 0.05) is 24.1 Å². The molecule has 2 aromatic rings. The number of carbonyl (C=O) groups excluding carboxylic acids is 1. The monoisotopic (exact) mass is 368 g/mol. The van der Waals surface area contributed by atoms with Gasteiger partial charge >= 0.3 is 0 Å². The van der Waals surface area contributed by atoms with Crippen LogP contribution in [0.15, 0.2) is 66.8 Å². The molecule has 140 valence electrons. The minimum Gasteiger partial charge on any atom is -0.545 e. The fourth-order valence-electron chi connectivity index (χ4n) is 6.12. The summed E-state index contributed by atoms with van der Waals surface area (Å²) in [5, 5.41) is 11.8. The first-order chi connectivity index (χ1) is 13.7. The zero-order valence-electron chi connectivity index (χ0n) is 15.6. The number of carboxylic acid groups (broad SMARTS) is 1. The van der Waals surface area contributed by atoms with E-state index in [1.807, 2.05) is 12.1 Å². The van der Waals surface area contributed by atoms with Gasteiger partial charge in [0.2, 0.25) is 0 Å². The topological polar surface area (TPSA) is 43.4 Å². The van der Waals surface area contributed by atoms with Crippen molar-refractivity contribution in [3.05, 3.63) is 89.0 Å². The van der Waals surface area contributed by atoms with Gasteiger partial charge in [-0.25, -0.2) is 0 Å². The molecule has 3 heteroatoms. The maximum atomic E-state index is 11.8. The van der Waals surface area contributed by atoms with Crippen LogP contribution in [-0.4, -0.2) is 12.5 Å². The number of carboxylic acids is 1. The summed E-state index contributed by atoms with van der Waals surface area (Å²) in [4.78, 5) is 14.4.